The third kappa shape index (κ3) is 2.80. The Kier molecular flexibility index (Phi) is 3.51. The molecule has 2 heterocycles. The molecule has 0 aliphatic rings. The molecule has 0 fully saturated rings. The number of para-hydroxylation sites is 1. The Bertz CT molecular complexity index is 942. The van der Waals surface area contributed by atoms with Crippen LogP contribution in [0.4, 0.5) is 5.13 Å². The summed E-state index contributed by atoms with van der Waals surface area (Å²) < 4.78 is 4.39. The lowest BCUT2D eigenvalue weighted by Crippen LogP contribution is -2.00. The van der Waals surface area contributed by atoms with E-state index in [0.29, 0.717) is 6.54 Å². The first kappa shape index (κ1) is 13.9. The maximum absolute atomic E-state index is 4.63. The van der Waals surface area contributed by atoms with Crippen molar-refractivity contribution in [3.05, 3.63) is 59.9 Å². The average molecular weight is 321 g/mol. The number of aromatic nitrogens is 4. The number of aromatic amines is 1. The third-order valence-corrected chi connectivity index (χ3v) is 4.30. The molecule has 0 saturated heterocycles. The van der Waals surface area contributed by atoms with Gasteiger partial charge in [-0.05, 0) is 18.6 Å². The van der Waals surface area contributed by atoms with Gasteiger partial charge in [-0.2, -0.15) is 9.36 Å². The van der Waals surface area contributed by atoms with E-state index in [1.807, 2.05) is 42.5 Å². The number of nitrogens with zero attached hydrogens (tertiary/aromatic N) is 3. The number of aryl methyl sites for hydroxylation is 1. The normalized spacial score (nSPS) is 11.0. The van der Waals surface area contributed by atoms with Gasteiger partial charge in [0.25, 0.3) is 0 Å². The lowest BCUT2D eigenvalue weighted by Gasteiger charge is -1.97. The molecular weight excluding hydrogens is 306 g/mol. The molecule has 0 spiro atoms. The second kappa shape index (κ2) is 5.81. The van der Waals surface area contributed by atoms with Crippen LogP contribution in [0.15, 0.2) is 48.5 Å². The zero-order valence-corrected chi connectivity index (χ0v) is 13.4. The van der Waals surface area contributed by atoms with Gasteiger partial charge >= 0.3 is 0 Å². The quantitative estimate of drug-likeness (QED) is 0.596. The highest BCUT2D eigenvalue weighted by Gasteiger charge is 2.08. The Morgan fingerprint density at radius 1 is 1.04 bits per heavy atom. The van der Waals surface area contributed by atoms with Gasteiger partial charge in [-0.1, -0.05) is 42.5 Å². The van der Waals surface area contributed by atoms with Crippen LogP contribution in [-0.4, -0.2) is 19.3 Å². The van der Waals surface area contributed by atoms with Gasteiger partial charge in [0, 0.05) is 17.1 Å². The molecule has 4 aromatic rings. The molecule has 0 radical (unpaired) electrons. The summed E-state index contributed by atoms with van der Waals surface area (Å²) in [4.78, 5) is 12.5. The van der Waals surface area contributed by atoms with Gasteiger partial charge in [0.1, 0.15) is 5.82 Å². The van der Waals surface area contributed by atoms with Crippen molar-refractivity contribution in [3.63, 3.8) is 0 Å². The highest BCUT2D eigenvalue weighted by atomic mass is 32.1. The van der Waals surface area contributed by atoms with Crippen molar-refractivity contribution in [2.45, 2.75) is 13.5 Å². The first-order valence-electron chi connectivity index (χ1n) is 7.37. The van der Waals surface area contributed by atoms with Crippen LogP contribution < -0.4 is 5.32 Å². The molecule has 2 N–H and O–H groups in total. The average Bonchev–Trinajstić information content (AvgIpc) is 3.21. The van der Waals surface area contributed by atoms with Crippen LogP contribution in [0.2, 0.25) is 0 Å². The molecule has 4 rings (SSSR count). The summed E-state index contributed by atoms with van der Waals surface area (Å²) in [6.07, 6.45) is 0. The SMILES string of the molecule is Cc1cccc2[nH]c(CNc3nc(-c4ccccc4)ns3)nc12. The van der Waals surface area contributed by atoms with Crippen molar-refractivity contribution in [3.8, 4) is 11.4 Å². The number of rotatable bonds is 4. The maximum atomic E-state index is 4.63. The first-order chi connectivity index (χ1) is 11.3. The number of hydrogen-bond donors (Lipinski definition) is 2. The summed E-state index contributed by atoms with van der Waals surface area (Å²) >= 11 is 1.36. The fourth-order valence-electron chi connectivity index (χ4n) is 2.47. The molecular formula is C17H15N5S. The Morgan fingerprint density at radius 2 is 1.91 bits per heavy atom. The fraction of sp³-hybridized carbons (Fsp3) is 0.118. The van der Waals surface area contributed by atoms with Gasteiger partial charge in [-0.15, -0.1) is 0 Å². The molecule has 0 aliphatic carbocycles. The smallest absolute Gasteiger partial charge is 0.203 e. The minimum atomic E-state index is 0.595. The molecule has 2 aromatic carbocycles. The second-order valence-corrected chi connectivity index (χ2v) is 6.05. The molecule has 23 heavy (non-hydrogen) atoms. The molecule has 5 nitrogen and oxygen atoms in total. The van der Waals surface area contributed by atoms with Gasteiger partial charge in [-0.25, -0.2) is 4.98 Å². The predicted molar refractivity (Wildman–Crippen MR) is 93.5 cm³/mol. The minimum absolute atomic E-state index is 0.595. The largest absolute Gasteiger partial charge is 0.353 e. The summed E-state index contributed by atoms with van der Waals surface area (Å²) in [5, 5.41) is 4.08. The molecule has 0 atom stereocenters. The van der Waals surface area contributed by atoms with Crippen LogP contribution >= 0.6 is 11.5 Å². The lowest BCUT2D eigenvalue weighted by atomic mass is 10.2. The van der Waals surface area contributed by atoms with E-state index in [1.165, 1.54) is 17.1 Å². The van der Waals surface area contributed by atoms with Crippen molar-refractivity contribution in [1.29, 1.82) is 0 Å². The Hall–Kier alpha value is -2.73. The van der Waals surface area contributed by atoms with Gasteiger partial charge in [0.05, 0.1) is 17.6 Å². The van der Waals surface area contributed by atoms with Crippen LogP contribution in [0, 0.1) is 6.92 Å². The van der Waals surface area contributed by atoms with Crippen LogP contribution in [0.25, 0.3) is 22.4 Å². The van der Waals surface area contributed by atoms with Gasteiger partial charge in [0.2, 0.25) is 5.13 Å². The first-order valence-corrected chi connectivity index (χ1v) is 8.14. The summed E-state index contributed by atoms with van der Waals surface area (Å²) in [5.41, 5.74) is 4.28. The number of fused-ring (bicyclic) bond motifs is 1. The molecule has 0 amide bonds. The van der Waals surface area contributed by atoms with E-state index in [-0.39, 0.29) is 0 Å². The summed E-state index contributed by atoms with van der Waals surface area (Å²) in [5.74, 6) is 1.64. The number of benzene rings is 2. The predicted octanol–water partition coefficient (Wildman–Crippen LogP) is 4.00. The van der Waals surface area contributed by atoms with Crippen molar-refractivity contribution in [2.24, 2.45) is 0 Å². The highest BCUT2D eigenvalue weighted by Crippen LogP contribution is 2.21. The van der Waals surface area contributed by atoms with E-state index < -0.39 is 0 Å². The Balaban J connectivity index is 1.50. The Morgan fingerprint density at radius 3 is 2.74 bits per heavy atom. The summed E-state index contributed by atoms with van der Waals surface area (Å²) in [7, 11) is 0. The summed E-state index contributed by atoms with van der Waals surface area (Å²) in [6, 6.07) is 16.1. The van der Waals surface area contributed by atoms with Crippen LogP contribution in [0.5, 0.6) is 0 Å². The van der Waals surface area contributed by atoms with Crippen molar-refractivity contribution < 1.29 is 0 Å². The fourth-order valence-corrected chi connectivity index (χ4v) is 3.05. The standard InChI is InChI=1S/C17H15N5S/c1-11-6-5-9-13-15(11)20-14(19-13)10-18-17-21-16(22-23-17)12-7-3-2-4-8-12/h2-9H,10H2,1H3,(H,19,20)(H,18,21,22). The molecule has 0 unspecified atom stereocenters. The van der Waals surface area contributed by atoms with Crippen molar-refractivity contribution in [1.82, 2.24) is 19.3 Å². The van der Waals surface area contributed by atoms with Crippen LogP contribution in [-0.2, 0) is 6.54 Å². The minimum Gasteiger partial charge on any atom is -0.353 e. The van der Waals surface area contributed by atoms with E-state index in [1.54, 1.807) is 0 Å². The number of H-pyrrole nitrogens is 1. The van der Waals surface area contributed by atoms with Crippen LogP contribution in [0.3, 0.4) is 0 Å². The van der Waals surface area contributed by atoms with E-state index in [9.17, 15) is 0 Å². The molecule has 0 aliphatic heterocycles. The number of nitrogens with one attached hydrogen (secondary N) is 2. The number of hydrogen-bond acceptors (Lipinski definition) is 5. The summed E-state index contributed by atoms with van der Waals surface area (Å²) in [6.45, 7) is 2.66. The lowest BCUT2D eigenvalue weighted by molar-refractivity contribution is 1.01. The van der Waals surface area contributed by atoms with Crippen molar-refractivity contribution >= 4 is 27.7 Å². The molecule has 6 heteroatoms. The molecule has 2 aromatic heterocycles. The third-order valence-electron chi connectivity index (χ3n) is 3.63. The Labute approximate surface area is 137 Å². The van der Waals surface area contributed by atoms with Gasteiger partial charge in [0.15, 0.2) is 5.82 Å². The topological polar surface area (TPSA) is 66.5 Å². The zero-order chi connectivity index (χ0) is 15.6. The number of anilines is 1. The number of imidazole rings is 1. The van der Waals surface area contributed by atoms with E-state index in [4.69, 9.17) is 0 Å². The molecule has 0 bridgehead atoms. The second-order valence-electron chi connectivity index (χ2n) is 5.30. The maximum Gasteiger partial charge on any atom is 0.203 e. The van der Waals surface area contributed by atoms with Crippen LogP contribution in [0.1, 0.15) is 11.4 Å². The van der Waals surface area contributed by atoms with E-state index in [2.05, 4.69) is 37.6 Å². The van der Waals surface area contributed by atoms with E-state index in [0.717, 1.165) is 33.4 Å². The van der Waals surface area contributed by atoms with Gasteiger partial charge in [-0.3, -0.25) is 0 Å². The van der Waals surface area contributed by atoms with Gasteiger partial charge < -0.3 is 10.3 Å². The monoisotopic (exact) mass is 321 g/mol. The molecule has 114 valence electrons. The van der Waals surface area contributed by atoms with Crippen molar-refractivity contribution in [2.75, 3.05) is 5.32 Å². The highest BCUT2D eigenvalue weighted by molar-refractivity contribution is 7.09. The molecule has 0 saturated carbocycles. The zero-order valence-electron chi connectivity index (χ0n) is 12.6. The van der Waals surface area contributed by atoms with E-state index >= 15 is 0 Å².